The van der Waals surface area contributed by atoms with Crippen molar-refractivity contribution in [2.45, 2.75) is 12.8 Å². The van der Waals surface area contributed by atoms with Gasteiger partial charge in [-0.1, -0.05) is 25.1 Å². The van der Waals surface area contributed by atoms with E-state index in [9.17, 15) is 9.90 Å². The average Bonchev–Trinajstić information content (AvgIpc) is 2.17. The first-order valence-electron chi connectivity index (χ1n) is 4.10. The molecule has 0 radical (unpaired) electrons. The molecule has 0 amide bonds. The molecule has 68 valence electrons. The van der Waals surface area contributed by atoms with Crippen LogP contribution in [0.1, 0.15) is 28.8 Å². The largest absolute Gasteiger partial charge is 0.507 e. The molecule has 0 aliphatic carbocycles. The van der Waals surface area contributed by atoms with Gasteiger partial charge in [0.25, 0.3) is 0 Å². The number of benzene rings is 1. The van der Waals surface area contributed by atoms with Gasteiger partial charge in [-0.15, -0.1) is 6.58 Å². The van der Waals surface area contributed by atoms with Crippen molar-refractivity contribution in [1.82, 2.24) is 0 Å². The summed E-state index contributed by atoms with van der Waals surface area (Å²) in [7, 11) is 0. The molecule has 1 rings (SSSR count). The molecule has 2 heteroatoms. The van der Waals surface area contributed by atoms with Crippen LogP contribution in [0.4, 0.5) is 0 Å². The van der Waals surface area contributed by atoms with E-state index in [0.717, 1.165) is 5.56 Å². The number of phenols is 1. The van der Waals surface area contributed by atoms with Gasteiger partial charge in [0.2, 0.25) is 0 Å². The van der Waals surface area contributed by atoms with Gasteiger partial charge in [0.05, 0.1) is 5.56 Å². The molecule has 1 aromatic carbocycles. The fourth-order valence-electron chi connectivity index (χ4n) is 1.17. The summed E-state index contributed by atoms with van der Waals surface area (Å²) >= 11 is 0. The summed E-state index contributed by atoms with van der Waals surface area (Å²) in [4.78, 5) is 10.5. The van der Waals surface area contributed by atoms with Gasteiger partial charge < -0.3 is 5.11 Å². The number of aldehydes is 1. The van der Waals surface area contributed by atoms with Crippen LogP contribution < -0.4 is 0 Å². The molecule has 0 aliphatic rings. The summed E-state index contributed by atoms with van der Waals surface area (Å²) in [5.74, 6) is 0.116. The number of rotatable bonds is 3. The van der Waals surface area contributed by atoms with Crippen molar-refractivity contribution in [3.8, 4) is 5.75 Å². The van der Waals surface area contributed by atoms with Gasteiger partial charge in [-0.2, -0.15) is 0 Å². The van der Waals surface area contributed by atoms with E-state index in [-0.39, 0.29) is 11.7 Å². The highest BCUT2D eigenvalue weighted by atomic mass is 16.3. The molecule has 0 saturated heterocycles. The molecule has 0 saturated carbocycles. The van der Waals surface area contributed by atoms with Crippen molar-refractivity contribution in [2.24, 2.45) is 0 Å². The molecule has 0 aliphatic heterocycles. The zero-order valence-corrected chi connectivity index (χ0v) is 7.53. The van der Waals surface area contributed by atoms with Crippen LogP contribution in [0.25, 0.3) is 0 Å². The first-order valence-corrected chi connectivity index (χ1v) is 4.10. The minimum absolute atomic E-state index is 0.0555. The normalized spacial score (nSPS) is 12.1. The summed E-state index contributed by atoms with van der Waals surface area (Å²) in [6, 6.07) is 5.12. The molecule has 2 nitrogen and oxygen atoms in total. The van der Waals surface area contributed by atoms with Gasteiger partial charge in [0.15, 0.2) is 6.29 Å². The third kappa shape index (κ3) is 1.78. The zero-order valence-electron chi connectivity index (χ0n) is 7.53. The van der Waals surface area contributed by atoms with Gasteiger partial charge in [0.1, 0.15) is 5.75 Å². The van der Waals surface area contributed by atoms with Crippen molar-refractivity contribution in [3.63, 3.8) is 0 Å². The molecule has 0 aromatic heterocycles. The minimum Gasteiger partial charge on any atom is -0.507 e. The van der Waals surface area contributed by atoms with Crippen molar-refractivity contribution in [1.29, 1.82) is 0 Å². The number of carbonyl (C=O) groups excluding carboxylic acids is 1. The maximum absolute atomic E-state index is 10.5. The first kappa shape index (κ1) is 9.52. The lowest BCUT2D eigenvalue weighted by atomic mass is 9.98. The standard InChI is InChI=1S/C11H12O2/c1-3-8(2)10-6-4-5-9(7-12)11(10)13/h3-8,13H,1H2,2H3. The average molecular weight is 176 g/mol. The topological polar surface area (TPSA) is 37.3 Å². The summed E-state index contributed by atoms with van der Waals surface area (Å²) in [6.45, 7) is 5.55. The Labute approximate surface area is 77.5 Å². The van der Waals surface area contributed by atoms with Gasteiger partial charge in [-0.3, -0.25) is 4.79 Å². The highest BCUT2D eigenvalue weighted by Gasteiger charge is 2.09. The SMILES string of the molecule is C=CC(C)c1cccc(C=O)c1O. The van der Waals surface area contributed by atoms with Crippen LogP contribution in [0.15, 0.2) is 30.9 Å². The molecule has 1 atom stereocenters. The van der Waals surface area contributed by atoms with Crippen molar-refractivity contribution < 1.29 is 9.90 Å². The molecular weight excluding hydrogens is 164 g/mol. The predicted octanol–water partition coefficient (Wildman–Crippen LogP) is 2.49. The molecule has 0 bridgehead atoms. The number of phenolic OH excluding ortho intramolecular Hbond substituents is 1. The van der Waals surface area contributed by atoms with E-state index < -0.39 is 0 Å². The van der Waals surface area contributed by atoms with Crippen LogP contribution in [0, 0.1) is 0 Å². The molecular formula is C11H12O2. The lowest BCUT2D eigenvalue weighted by molar-refractivity contribution is 0.112. The van der Waals surface area contributed by atoms with Crippen LogP contribution in [-0.2, 0) is 0 Å². The van der Waals surface area contributed by atoms with Crippen LogP contribution in [0.5, 0.6) is 5.75 Å². The third-order valence-electron chi connectivity index (χ3n) is 2.07. The molecule has 1 unspecified atom stereocenters. The van der Waals surface area contributed by atoms with Gasteiger partial charge in [-0.05, 0) is 6.07 Å². The number of hydrogen-bond donors (Lipinski definition) is 1. The number of aromatic hydroxyl groups is 1. The zero-order chi connectivity index (χ0) is 9.84. The van der Waals surface area contributed by atoms with Crippen LogP contribution in [0.2, 0.25) is 0 Å². The molecule has 0 fully saturated rings. The van der Waals surface area contributed by atoms with E-state index in [1.807, 2.05) is 6.92 Å². The van der Waals surface area contributed by atoms with Crippen molar-refractivity contribution in [2.75, 3.05) is 0 Å². The lowest BCUT2D eigenvalue weighted by Crippen LogP contribution is -1.92. The Bertz CT molecular complexity index is 329. The van der Waals surface area contributed by atoms with E-state index in [0.29, 0.717) is 11.8 Å². The van der Waals surface area contributed by atoms with E-state index >= 15 is 0 Å². The molecule has 0 spiro atoms. The fourth-order valence-corrected chi connectivity index (χ4v) is 1.17. The van der Waals surface area contributed by atoms with Crippen LogP contribution in [-0.4, -0.2) is 11.4 Å². The first-order chi connectivity index (χ1) is 6.20. The molecule has 13 heavy (non-hydrogen) atoms. The van der Waals surface area contributed by atoms with Crippen molar-refractivity contribution in [3.05, 3.63) is 42.0 Å². The maximum atomic E-state index is 10.5. The van der Waals surface area contributed by atoms with E-state index in [1.54, 1.807) is 24.3 Å². The highest BCUT2D eigenvalue weighted by molar-refractivity contribution is 5.80. The Kier molecular flexibility index (Phi) is 2.85. The number of carbonyl (C=O) groups is 1. The lowest BCUT2D eigenvalue weighted by Gasteiger charge is -2.09. The molecule has 1 aromatic rings. The quantitative estimate of drug-likeness (QED) is 0.567. The van der Waals surface area contributed by atoms with E-state index in [1.165, 1.54) is 0 Å². The number of allylic oxidation sites excluding steroid dienone is 1. The summed E-state index contributed by atoms with van der Waals surface area (Å²) in [5, 5.41) is 9.61. The minimum atomic E-state index is 0.0555. The smallest absolute Gasteiger partial charge is 0.153 e. The Balaban J connectivity index is 3.22. The Hall–Kier alpha value is -1.57. The Morgan fingerprint density at radius 2 is 2.23 bits per heavy atom. The second-order valence-electron chi connectivity index (χ2n) is 2.93. The molecule has 1 N–H and O–H groups in total. The Morgan fingerprint density at radius 3 is 2.77 bits per heavy atom. The van der Waals surface area contributed by atoms with Crippen molar-refractivity contribution >= 4 is 6.29 Å². The number of hydrogen-bond acceptors (Lipinski definition) is 2. The predicted molar refractivity (Wildman–Crippen MR) is 52.1 cm³/mol. The Morgan fingerprint density at radius 1 is 1.54 bits per heavy atom. The number of para-hydroxylation sites is 1. The summed E-state index contributed by atoms with van der Waals surface area (Å²) in [6.07, 6.45) is 2.37. The fraction of sp³-hybridized carbons (Fsp3) is 0.182. The third-order valence-corrected chi connectivity index (χ3v) is 2.07. The monoisotopic (exact) mass is 176 g/mol. The maximum Gasteiger partial charge on any atom is 0.153 e. The van der Waals surface area contributed by atoms with Crippen LogP contribution >= 0.6 is 0 Å². The molecule has 0 heterocycles. The second kappa shape index (κ2) is 3.90. The second-order valence-corrected chi connectivity index (χ2v) is 2.93. The van der Waals surface area contributed by atoms with Gasteiger partial charge >= 0.3 is 0 Å². The highest BCUT2D eigenvalue weighted by Crippen LogP contribution is 2.28. The van der Waals surface area contributed by atoms with Gasteiger partial charge in [0, 0.05) is 11.5 Å². The van der Waals surface area contributed by atoms with Gasteiger partial charge in [-0.25, -0.2) is 0 Å². The summed E-state index contributed by atoms with van der Waals surface area (Å²) < 4.78 is 0. The summed E-state index contributed by atoms with van der Waals surface area (Å²) in [5.41, 5.74) is 1.06. The van der Waals surface area contributed by atoms with E-state index in [4.69, 9.17) is 0 Å². The van der Waals surface area contributed by atoms with Crippen LogP contribution in [0.3, 0.4) is 0 Å². The van der Waals surface area contributed by atoms with E-state index in [2.05, 4.69) is 6.58 Å².